The number of nitrogens with zero attached hydrogens (tertiary/aromatic N) is 1. The summed E-state index contributed by atoms with van der Waals surface area (Å²) >= 11 is 6.80. The summed E-state index contributed by atoms with van der Waals surface area (Å²) in [4.78, 5) is 14.7. The number of amides is 1. The van der Waals surface area contributed by atoms with Gasteiger partial charge >= 0.3 is 6.09 Å². The highest BCUT2D eigenvalue weighted by atomic mass is 79.9. The molecule has 6 nitrogen and oxygen atoms in total. The second-order valence-corrected chi connectivity index (χ2v) is 11.1. The molecule has 0 fully saturated rings. The van der Waals surface area contributed by atoms with Crippen molar-refractivity contribution in [2.24, 2.45) is 11.5 Å². The predicted octanol–water partition coefficient (Wildman–Crippen LogP) is 7.63. The van der Waals surface area contributed by atoms with Crippen LogP contribution in [-0.4, -0.2) is 31.3 Å². The molecule has 0 spiro atoms. The molecule has 0 heterocycles. The molecular weight excluding hydrogens is 644 g/mol. The molecule has 9 heteroatoms. The van der Waals surface area contributed by atoms with Crippen molar-refractivity contribution in [3.63, 3.8) is 0 Å². The van der Waals surface area contributed by atoms with Crippen molar-refractivity contribution in [1.82, 2.24) is 5.32 Å². The molecule has 5 N–H and O–H groups in total. The average Bonchev–Trinajstić information content (AvgIpc) is 2.84. The van der Waals surface area contributed by atoms with E-state index in [0.29, 0.717) is 18.8 Å². The molecule has 212 valence electrons. The summed E-state index contributed by atoms with van der Waals surface area (Å²) in [6.45, 7) is 14.2. The summed E-state index contributed by atoms with van der Waals surface area (Å²) in [5, 5.41) is 2.73. The summed E-state index contributed by atoms with van der Waals surface area (Å²) in [6, 6.07) is 23.8. The largest absolute Gasteiger partial charge is 0.444 e. The highest BCUT2D eigenvalue weighted by molar-refractivity contribution is 9.10. The van der Waals surface area contributed by atoms with Gasteiger partial charge in [-0.1, -0.05) is 86.0 Å². The quantitative estimate of drug-likeness (QED) is 0.224. The Morgan fingerprint density at radius 1 is 0.846 bits per heavy atom. The Morgan fingerprint density at radius 3 is 1.74 bits per heavy atom. The van der Waals surface area contributed by atoms with E-state index >= 15 is 0 Å². The first-order chi connectivity index (χ1) is 18.1. The van der Waals surface area contributed by atoms with Gasteiger partial charge in [-0.25, -0.2) is 9.64 Å². The van der Waals surface area contributed by atoms with E-state index in [1.54, 1.807) is 6.07 Å². The van der Waals surface area contributed by atoms with Crippen molar-refractivity contribution < 1.29 is 9.53 Å². The number of hydrogen-bond acceptors (Lipinski definition) is 4. The fraction of sp³-hybridized carbons (Fsp3) is 0.333. The Bertz CT molecular complexity index is 1160. The van der Waals surface area contributed by atoms with E-state index in [0.717, 1.165) is 40.3 Å². The first-order valence-corrected chi connectivity index (χ1v) is 14.0. The van der Waals surface area contributed by atoms with Crippen LogP contribution in [0.25, 0.3) is 4.85 Å². The molecule has 3 aromatic rings. The average molecular weight is 683 g/mol. The second-order valence-electron chi connectivity index (χ2n) is 9.30. The maximum atomic E-state index is 11.4. The van der Waals surface area contributed by atoms with E-state index in [2.05, 4.69) is 54.2 Å². The van der Waals surface area contributed by atoms with Crippen LogP contribution in [-0.2, 0) is 24.0 Å². The van der Waals surface area contributed by atoms with E-state index in [4.69, 9.17) is 22.8 Å². The predicted molar refractivity (Wildman–Crippen MR) is 172 cm³/mol. The molecule has 0 radical (unpaired) electrons. The van der Waals surface area contributed by atoms with Gasteiger partial charge in [-0.15, -0.1) is 12.4 Å². The lowest BCUT2D eigenvalue weighted by Crippen LogP contribution is -2.33. The number of carbonyl (C=O) groups is 1. The summed E-state index contributed by atoms with van der Waals surface area (Å²) in [5.74, 6) is 0. The van der Waals surface area contributed by atoms with E-state index < -0.39 is 5.60 Å². The van der Waals surface area contributed by atoms with Crippen molar-refractivity contribution in [3.05, 3.63) is 110 Å². The fourth-order valence-corrected chi connectivity index (χ4v) is 4.02. The molecule has 0 unspecified atom stereocenters. The zero-order chi connectivity index (χ0) is 28.4. The van der Waals surface area contributed by atoms with E-state index in [1.807, 2.05) is 75.4 Å². The van der Waals surface area contributed by atoms with Crippen molar-refractivity contribution in [1.29, 1.82) is 0 Å². The van der Waals surface area contributed by atoms with Gasteiger partial charge in [0.1, 0.15) is 5.60 Å². The van der Waals surface area contributed by atoms with Gasteiger partial charge < -0.3 is 21.5 Å². The van der Waals surface area contributed by atoms with Crippen LogP contribution in [0.1, 0.15) is 37.5 Å². The smallest absolute Gasteiger partial charge is 0.407 e. The van der Waals surface area contributed by atoms with Gasteiger partial charge in [0.2, 0.25) is 0 Å². The minimum atomic E-state index is -0.445. The number of benzene rings is 3. The second kappa shape index (κ2) is 20.5. The molecule has 0 aliphatic carbocycles. The van der Waals surface area contributed by atoms with Gasteiger partial charge in [-0.2, -0.15) is 0 Å². The van der Waals surface area contributed by atoms with Crippen LogP contribution in [0.4, 0.5) is 10.5 Å². The fourth-order valence-electron chi connectivity index (χ4n) is 3.12. The summed E-state index contributed by atoms with van der Waals surface area (Å²) in [7, 11) is 0. The van der Waals surface area contributed by atoms with Crippen molar-refractivity contribution >= 4 is 56.0 Å². The molecule has 0 atom stereocenters. The molecule has 3 aromatic carbocycles. The maximum absolute atomic E-state index is 11.4. The number of halogens is 3. The van der Waals surface area contributed by atoms with Gasteiger partial charge in [0.05, 0.1) is 6.57 Å². The Labute approximate surface area is 256 Å². The third-order valence-electron chi connectivity index (χ3n) is 4.77. The summed E-state index contributed by atoms with van der Waals surface area (Å²) in [6.07, 6.45) is 2.23. The molecule has 0 aromatic heterocycles. The molecule has 0 bridgehead atoms. The SMILES string of the molecule is CC(C)(C)OC(=O)NCCc1cccc(Br)c1.Cl.NCCc1cccc(Br)c1.[C-]#[N+]c1cccc(CCN)c1. The zero-order valence-corrected chi connectivity index (χ0v) is 26.7. The monoisotopic (exact) mass is 680 g/mol. The van der Waals surface area contributed by atoms with Crippen LogP contribution in [0.2, 0.25) is 0 Å². The van der Waals surface area contributed by atoms with Gasteiger partial charge in [0, 0.05) is 15.5 Å². The number of rotatable bonds is 7. The Hall–Kier alpha value is -2.41. The van der Waals surface area contributed by atoms with E-state index in [1.165, 1.54) is 11.1 Å². The number of alkyl carbamates (subject to hydrolysis) is 1. The van der Waals surface area contributed by atoms with Gasteiger partial charge in [-0.3, -0.25) is 0 Å². The molecule has 0 saturated carbocycles. The van der Waals surface area contributed by atoms with Crippen LogP contribution in [0, 0.1) is 6.57 Å². The van der Waals surface area contributed by atoms with E-state index in [-0.39, 0.29) is 18.5 Å². The van der Waals surface area contributed by atoms with Crippen LogP contribution in [0.15, 0.2) is 81.7 Å². The van der Waals surface area contributed by atoms with Crippen LogP contribution in [0.5, 0.6) is 0 Å². The summed E-state index contributed by atoms with van der Waals surface area (Å²) < 4.78 is 7.31. The molecule has 1 amide bonds. The number of nitrogens with two attached hydrogens (primary N) is 2. The normalized spacial score (nSPS) is 9.90. The zero-order valence-electron chi connectivity index (χ0n) is 22.8. The Balaban J connectivity index is 0.000000574. The number of nitrogens with one attached hydrogen (secondary N) is 1. The molecular formula is C30H39Br2ClN4O2. The van der Waals surface area contributed by atoms with Gasteiger partial charge in [-0.05, 0) is 88.5 Å². The number of carbonyl (C=O) groups excluding carboxylic acids is 1. The number of hydrogen-bond donors (Lipinski definition) is 3. The molecule has 0 aliphatic heterocycles. The first-order valence-electron chi connectivity index (χ1n) is 12.4. The van der Waals surface area contributed by atoms with Crippen LogP contribution >= 0.6 is 44.3 Å². The lowest BCUT2D eigenvalue weighted by Gasteiger charge is -2.19. The van der Waals surface area contributed by atoms with Gasteiger partial charge in [0.25, 0.3) is 0 Å². The van der Waals surface area contributed by atoms with Crippen molar-refractivity contribution in [2.75, 3.05) is 19.6 Å². The van der Waals surface area contributed by atoms with Crippen molar-refractivity contribution in [2.45, 2.75) is 45.6 Å². The molecule has 3 rings (SSSR count). The van der Waals surface area contributed by atoms with Crippen LogP contribution in [0.3, 0.4) is 0 Å². The molecule has 0 saturated heterocycles. The van der Waals surface area contributed by atoms with Crippen molar-refractivity contribution in [3.8, 4) is 0 Å². The third kappa shape index (κ3) is 18.5. The standard InChI is InChI=1S/C13H18BrNO2.C9H10N2.C8H10BrN.ClH/c1-13(2,3)17-12(16)15-8-7-10-5-4-6-11(14)9-10;1-11-9-4-2-3-8(7-9)5-6-10;9-8-3-1-2-7(6-8)4-5-10;/h4-6,9H,7-8H2,1-3H3,(H,15,16);2-4,7H,5-6,10H2;1-3,6H,4-5,10H2;1H. The highest BCUT2D eigenvalue weighted by Gasteiger charge is 2.15. The number of ether oxygens (including phenoxy) is 1. The topological polar surface area (TPSA) is 94.7 Å². The summed E-state index contributed by atoms with van der Waals surface area (Å²) in [5.41, 5.74) is 14.6. The maximum Gasteiger partial charge on any atom is 0.407 e. The minimum Gasteiger partial charge on any atom is -0.444 e. The van der Waals surface area contributed by atoms with Crippen LogP contribution < -0.4 is 16.8 Å². The Kier molecular flexibility index (Phi) is 19.2. The Morgan fingerprint density at radius 2 is 1.31 bits per heavy atom. The first kappa shape index (κ1) is 36.6. The minimum absolute atomic E-state index is 0. The van der Waals surface area contributed by atoms with Gasteiger partial charge in [0.15, 0.2) is 5.69 Å². The third-order valence-corrected chi connectivity index (χ3v) is 5.75. The van der Waals surface area contributed by atoms with E-state index in [9.17, 15) is 4.79 Å². The lowest BCUT2D eigenvalue weighted by molar-refractivity contribution is 0.0528. The lowest BCUT2D eigenvalue weighted by atomic mass is 10.1. The molecule has 0 aliphatic rings. The highest BCUT2D eigenvalue weighted by Crippen LogP contribution is 2.14. The molecule has 39 heavy (non-hydrogen) atoms.